The van der Waals surface area contributed by atoms with Gasteiger partial charge in [0.2, 0.25) is 0 Å². The van der Waals surface area contributed by atoms with E-state index in [2.05, 4.69) is 22.2 Å². The predicted octanol–water partition coefficient (Wildman–Crippen LogP) is 2.78. The first kappa shape index (κ1) is 12.8. The van der Waals surface area contributed by atoms with Gasteiger partial charge in [0.1, 0.15) is 5.82 Å². The van der Waals surface area contributed by atoms with Gasteiger partial charge in [-0.1, -0.05) is 6.92 Å². The third-order valence-electron chi connectivity index (χ3n) is 2.58. The molecule has 0 fully saturated rings. The van der Waals surface area contributed by atoms with Crippen molar-refractivity contribution in [2.24, 2.45) is 0 Å². The van der Waals surface area contributed by atoms with Crippen molar-refractivity contribution in [2.45, 2.75) is 19.9 Å². The highest BCUT2D eigenvalue weighted by Crippen LogP contribution is 2.16. The maximum atomic E-state index is 4.36. The number of rotatable bonds is 5. The first-order valence-electron chi connectivity index (χ1n) is 6.00. The molecule has 96 valence electrons. The summed E-state index contributed by atoms with van der Waals surface area (Å²) in [5.41, 5.74) is 1.03. The lowest BCUT2D eigenvalue weighted by Crippen LogP contribution is -2.10. The summed E-state index contributed by atoms with van der Waals surface area (Å²) in [5.74, 6) is 0.964. The number of nitrogens with zero attached hydrogens (tertiary/aromatic N) is 3. The number of thiazole rings is 1. The fourth-order valence-electron chi connectivity index (χ4n) is 1.54. The molecule has 0 saturated heterocycles. The Morgan fingerprint density at radius 1 is 1.22 bits per heavy atom. The van der Waals surface area contributed by atoms with Crippen molar-refractivity contribution in [1.29, 1.82) is 0 Å². The molecule has 1 N–H and O–H groups in total. The quantitative estimate of drug-likeness (QED) is 0.899. The highest BCUT2D eigenvalue weighted by molar-refractivity contribution is 7.11. The molecular weight excluding hydrogens is 244 g/mol. The van der Waals surface area contributed by atoms with Crippen molar-refractivity contribution in [2.75, 3.05) is 24.3 Å². The van der Waals surface area contributed by atoms with Crippen molar-refractivity contribution < 1.29 is 0 Å². The molecular formula is C13H18N4S. The van der Waals surface area contributed by atoms with Gasteiger partial charge in [0.25, 0.3) is 0 Å². The second-order valence-electron chi connectivity index (χ2n) is 4.23. The van der Waals surface area contributed by atoms with Gasteiger partial charge in [0, 0.05) is 25.2 Å². The molecule has 2 aromatic heterocycles. The van der Waals surface area contributed by atoms with E-state index in [1.807, 2.05) is 43.5 Å². The van der Waals surface area contributed by atoms with E-state index < -0.39 is 0 Å². The molecule has 0 unspecified atom stereocenters. The van der Waals surface area contributed by atoms with Crippen molar-refractivity contribution in [3.63, 3.8) is 0 Å². The summed E-state index contributed by atoms with van der Waals surface area (Å²) < 4.78 is 0. The van der Waals surface area contributed by atoms with Gasteiger partial charge in [-0.15, -0.1) is 11.3 Å². The van der Waals surface area contributed by atoms with Crippen molar-refractivity contribution in [3.8, 4) is 0 Å². The minimum absolute atomic E-state index is 0.806. The van der Waals surface area contributed by atoms with Crippen LogP contribution in [0, 0.1) is 0 Å². The van der Waals surface area contributed by atoms with Crippen LogP contribution >= 0.6 is 11.3 Å². The van der Waals surface area contributed by atoms with E-state index in [0.717, 1.165) is 24.5 Å². The normalized spacial score (nSPS) is 10.4. The largest absolute Gasteiger partial charge is 0.379 e. The van der Waals surface area contributed by atoms with E-state index in [0.29, 0.717) is 0 Å². The molecule has 0 aliphatic carbocycles. The molecule has 0 saturated carbocycles. The lowest BCUT2D eigenvalue weighted by molar-refractivity contribution is 1.06. The van der Waals surface area contributed by atoms with Crippen LogP contribution in [0.2, 0.25) is 0 Å². The second-order valence-corrected chi connectivity index (χ2v) is 5.43. The monoisotopic (exact) mass is 262 g/mol. The fourth-order valence-corrected chi connectivity index (χ4v) is 2.34. The third-order valence-corrected chi connectivity index (χ3v) is 3.72. The molecule has 0 atom stereocenters. The molecule has 2 rings (SSSR count). The Kier molecular flexibility index (Phi) is 4.15. The van der Waals surface area contributed by atoms with Gasteiger partial charge in [0.15, 0.2) is 0 Å². The van der Waals surface area contributed by atoms with Crippen LogP contribution in [0.1, 0.15) is 16.8 Å². The Balaban J connectivity index is 1.93. The van der Waals surface area contributed by atoms with Crippen molar-refractivity contribution >= 4 is 22.8 Å². The molecule has 0 bridgehead atoms. The number of pyridine rings is 1. The fraction of sp³-hybridized carbons (Fsp3) is 0.385. The minimum Gasteiger partial charge on any atom is -0.379 e. The van der Waals surface area contributed by atoms with Crippen LogP contribution in [0.15, 0.2) is 24.5 Å². The maximum absolute atomic E-state index is 4.36. The molecule has 0 spiro atoms. The van der Waals surface area contributed by atoms with E-state index in [1.54, 1.807) is 11.3 Å². The minimum atomic E-state index is 0.806. The summed E-state index contributed by atoms with van der Waals surface area (Å²) in [6.07, 6.45) is 4.80. The Bertz CT molecular complexity index is 490. The first-order chi connectivity index (χ1) is 8.69. The standard InChI is InChI=1S/C13H18N4S/c1-4-13-16-9-11(18-13)8-14-10-5-6-12(15-7-10)17(2)3/h5-7,9,14H,4,8H2,1-3H3. The van der Waals surface area contributed by atoms with Gasteiger partial charge in [-0.2, -0.15) is 0 Å². The van der Waals surface area contributed by atoms with Crippen LogP contribution in [-0.4, -0.2) is 24.1 Å². The van der Waals surface area contributed by atoms with E-state index in [1.165, 1.54) is 9.88 Å². The molecule has 0 aliphatic heterocycles. The van der Waals surface area contributed by atoms with Gasteiger partial charge in [-0.05, 0) is 18.6 Å². The SMILES string of the molecule is CCc1ncc(CNc2ccc(N(C)C)nc2)s1. The van der Waals surface area contributed by atoms with Crippen LogP contribution in [0.25, 0.3) is 0 Å². The maximum Gasteiger partial charge on any atom is 0.128 e. The number of nitrogens with one attached hydrogen (secondary N) is 1. The molecule has 5 heteroatoms. The molecule has 0 radical (unpaired) electrons. The average molecular weight is 262 g/mol. The van der Waals surface area contributed by atoms with Gasteiger partial charge in [0.05, 0.1) is 23.4 Å². The molecule has 4 nitrogen and oxygen atoms in total. The van der Waals surface area contributed by atoms with E-state index in [9.17, 15) is 0 Å². The van der Waals surface area contributed by atoms with Crippen LogP contribution in [0.5, 0.6) is 0 Å². The van der Waals surface area contributed by atoms with Crippen LogP contribution in [0.3, 0.4) is 0 Å². The Morgan fingerprint density at radius 3 is 2.61 bits per heavy atom. The van der Waals surface area contributed by atoms with Crippen LogP contribution in [-0.2, 0) is 13.0 Å². The number of hydrogen-bond acceptors (Lipinski definition) is 5. The van der Waals surface area contributed by atoms with Crippen LogP contribution < -0.4 is 10.2 Å². The number of anilines is 2. The lowest BCUT2D eigenvalue weighted by Gasteiger charge is -2.11. The zero-order valence-corrected chi connectivity index (χ0v) is 11.8. The summed E-state index contributed by atoms with van der Waals surface area (Å²) in [6.45, 7) is 2.93. The second kappa shape index (κ2) is 5.82. The number of aryl methyl sites for hydroxylation is 1. The molecule has 0 aliphatic rings. The first-order valence-corrected chi connectivity index (χ1v) is 6.81. The highest BCUT2D eigenvalue weighted by Gasteiger charge is 2.01. The van der Waals surface area contributed by atoms with E-state index in [4.69, 9.17) is 0 Å². The molecule has 2 aromatic rings. The molecule has 0 aromatic carbocycles. The Morgan fingerprint density at radius 2 is 2.06 bits per heavy atom. The summed E-state index contributed by atoms with van der Waals surface area (Å²) in [4.78, 5) is 11.9. The highest BCUT2D eigenvalue weighted by atomic mass is 32.1. The number of hydrogen-bond donors (Lipinski definition) is 1. The number of aromatic nitrogens is 2. The third kappa shape index (κ3) is 3.20. The van der Waals surface area contributed by atoms with Crippen molar-refractivity contribution in [1.82, 2.24) is 9.97 Å². The van der Waals surface area contributed by atoms with Crippen molar-refractivity contribution in [3.05, 3.63) is 34.4 Å². The summed E-state index contributed by atoms with van der Waals surface area (Å²) in [5, 5.41) is 4.54. The van der Waals surface area contributed by atoms with Gasteiger partial charge < -0.3 is 10.2 Å². The summed E-state index contributed by atoms with van der Waals surface area (Å²) in [7, 11) is 3.97. The van der Waals surface area contributed by atoms with Gasteiger partial charge in [-0.25, -0.2) is 9.97 Å². The van der Waals surface area contributed by atoms with E-state index in [-0.39, 0.29) is 0 Å². The average Bonchev–Trinajstić information content (AvgIpc) is 2.85. The zero-order valence-electron chi connectivity index (χ0n) is 11.0. The molecule has 2 heterocycles. The molecule has 18 heavy (non-hydrogen) atoms. The van der Waals surface area contributed by atoms with Gasteiger partial charge >= 0.3 is 0 Å². The van der Waals surface area contributed by atoms with E-state index >= 15 is 0 Å². The smallest absolute Gasteiger partial charge is 0.128 e. The van der Waals surface area contributed by atoms with Crippen LogP contribution in [0.4, 0.5) is 11.5 Å². The Hall–Kier alpha value is -1.62. The lowest BCUT2D eigenvalue weighted by atomic mass is 10.4. The zero-order chi connectivity index (χ0) is 13.0. The molecule has 0 amide bonds. The summed E-state index contributed by atoms with van der Waals surface area (Å²) >= 11 is 1.76. The van der Waals surface area contributed by atoms with Gasteiger partial charge in [-0.3, -0.25) is 0 Å². The topological polar surface area (TPSA) is 41.1 Å². The predicted molar refractivity (Wildman–Crippen MR) is 77.4 cm³/mol. The summed E-state index contributed by atoms with van der Waals surface area (Å²) in [6, 6.07) is 4.05. The Labute approximate surface area is 112 Å².